The van der Waals surface area contributed by atoms with E-state index < -0.39 is 11.2 Å². The van der Waals surface area contributed by atoms with E-state index in [1.54, 1.807) is 11.8 Å². The fourth-order valence-corrected chi connectivity index (χ4v) is 3.27. The Balaban J connectivity index is 1.76. The number of rotatable bonds is 3. The average molecular weight is 359 g/mol. The highest BCUT2D eigenvalue weighted by molar-refractivity contribution is 5.78. The molecule has 9 heteroatoms. The second-order valence-electron chi connectivity index (χ2n) is 6.59. The molecule has 3 heterocycles. The molecular formula is C17H21N5O4. The van der Waals surface area contributed by atoms with E-state index in [0.717, 1.165) is 17.4 Å². The fraction of sp³-hybridized carbons (Fsp3) is 0.471. The molecule has 2 aromatic heterocycles. The molecule has 1 aliphatic heterocycles. The zero-order valence-corrected chi connectivity index (χ0v) is 14.7. The molecule has 3 rings (SSSR count). The minimum atomic E-state index is -0.514. The van der Waals surface area contributed by atoms with Crippen LogP contribution in [0.25, 0.3) is 0 Å². The first-order valence-electron chi connectivity index (χ1n) is 8.48. The topological polar surface area (TPSA) is 121 Å². The Hall–Kier alpha value is -2.97. The van der Waals surface area contributed by atoms with Crippen molar-refractivity contribution < 1.29 is 4.79 Å². The minimum absolute atomic E-state index is 0.00730. The quantitative estimate of drug-likeness (QED) is 0.759. The van der Waals surface area contributed by atoms with Crippen LogP contribution in [-0.2, 0) is 18.3 Å². The number of aromatic nitrogens is 4. The van der Waals surface area contributed by atoms with Crippen molar-refractivity contribution >= 4 is 5.91 Å². The van der Waals surface area contributed by atoms with Gasteiger partial charge in [-0.3, -0.25) is 19.0 Å². The smallest absolute Gasteiger partial charge is 0.328 e. The van der Waals surface area contributed by atoms with Crippen molar-refractivity contribution in [1.82, 2.24) is 24.4 Å². The summed E-state index contributed by atoms with van der Waals surface area (Å²) in [6, 6.07) is 1.48. The van der Waals surface area contributed by atoms with Gasteiger partial charge in [-0.1, -0.05) is 0 Å². The van der Waals surface area contributed by atoms with E-state index >= 15 is 0 Å². The highest BCUT2D eigenvalue weighted by Crippen LogP contribution is 2.25. The molecule has 0 saturated carbocycles. The molecule has 9 nitrogen and oxygen atoms in total. The Bertz CT molecular complexity index is 1000. The summed E-state index contributed by atoms with van der Waals surface area (Å²) in [5.41, 5.74) is -0.247. The molecule has 0 bridgehead atoms. The molecule has 1 amide bonds. The van der Waals surface area contributed by atoms with Gasteiger partial charge in [-0.05, 0) is 19.8 Å². The van der Waals surface area contributed by atoms with Crippen molar-refractivity contribution in [2.45, 2.75) is 32.1 Å². The van der Waals surface area contributed by atoms with Crippen LogP contribution in [0.4, 0.5) is 0 Å². The Kier molecular flexibility index (Phi) is 4.88. The molecule has 2 aromatic rings. The third-order valence-corrected chi connectivity index (χ3v) is 4.67. The number of hydrogen-bond acceptors (Lipinski definition) is 5. The maximum Gasteiger partial charge on any atom is 0.328 e. The lowest BCUT2D eigenvalue weighted by Crippen LogP contribution is -2.42. The summed E-state index contributed by atoms with van der Waals surface area (Å²) in [6.45, 7) is 2.78. The number of nitrogens with one attached hydrogen (secondary N) is 2. The van der Waals surface area contributed by atoms with Gasteiger partial charge in [0.15, 0.2) is 0 Å². The van der Waals surface area contributed by atoms with Crippen LogP contribution < -0.4 is 16.8 Å². The highest BCUT2D eigenvalue weighted by Gasteiger charge is 2.26. The fourth-order valence-electron chi connectivity index (χ4n) is 3.27. The highest BCUT2D eigenvalue weighted by atomic mass is 16.2. The molecule has 1 saturated heterocycles. The first-order valence-corrected chi connectivity index (χ1v) is 8.48. The Morgan fingerprint density at radius 3 is 2.85 bits per heavy atom. The van der Waals surface area contributed by atoms with Gasteiger partial charge >= 0.3 is 5.69 Å². The number of carbonyl (C=O) groups is 1. The zero-order chi connectivity index (χ0) is 18.8. The van der Waals surface area contributed by atoms with Gasteiger partial charge in [0.1, 0.15) is 5.82 Å². The Morgan fingerprint density at radius 2 is 2.12 bits per heavy atom. The van der Waals surface area contributed by atoms with E-state index in [2.05, 4.69) is 15.0 Å². The number of amides is 1. The van der Waals surface area contributed by atoms with Crippen LogP contribution in [0.2, 0.25) is 0 Å². The van der Waals surface area contributed by atoms with Gasteiger partial charge < -0.3 is 14.9 Å². The van der Waals surface area contributed by atoms with Crippen LogP contribution in [0.15, 0.2) is 26.6 Å². The predicted molar refractivity (Wildman–Crippen MR) is 94.2 cm³/mol. The lowest BCUT2D eigenvalue weighted by Gasteiger charge is -2.32. The molecule has 1 fully saturated rings. The van der Waals surface area contributed by atoms with Crippen LogP contribution in [0.5, 0.6) is 0 Å². The molecule has 0 radical (unpaired) electrons. The molecule has 1 atom stereocenters. The standard InChI is InChI=1S/C17H21N5O4/c1-10-19-13(7-14(23)20-10)11-4-3-5-22(9-11)15(24)6-12-8-18-17(26)21(2)16(12)25/h7-8,11H,3-6,9H2,1-2H3,(H,18,26)(H,19,20,23). The number of hydrogen-bond donors (Lipinski definition) is 2. The SMILES string of the molecule is Cc1nc(C2CCCN(C(=O)Cc3c[nH]c(=O)n(C)c3=O)C2)cc(=O)[nH]1. The molecule has 1 aliphatic rings. The summed E-state index contributed by atoms with van der Waals surface area (Å²) in [6.07, 6.45) is 2.87. The van der Waals surface area contributed by atoms with Crippen LogP contribution >= 0.6 is 0 Å². The van der Waals surface area contributed by atoms with Gasteiger partial charge in [-0.2, -0.15) is 0 Å². The second-order valence-corrected chi connectivity index (χ2v) is 6.59. The summed E-state index contributed by atoms with van der Waals surface area (Å²) in [4.78, 5) is 58.9. The molecule has 0 aromatic carbocycles. The third-order valence-electron chi connectivity index (χ3n) is 4.67. The molecule has 0 aliphatic carbocycles. The summed E-state index contributed by atoms with van der Waals surface area (Å²) < 4.78 is 0.949. The normalized spacial score (nSPS) is 17.3. The van der Waals surface area contributed by atoms with Gasteiger partial charge in [0, 0.05) is 43.9 Å². The number of aryl methyl sites for hydroxylation is 1. The number of carbonyl (C=O) groups excluding carboxylic acids is 1. The van der Waals surface area contributed by atoms with E-state index in [1.165, 1.54) is 19.3 Å². The monoisotopic (exact) mass is 359 g/mol. The van der Waals surface area contributed by atoms with E-state index in [9.17, 15) is 19.2 Å². The predicted octanol–water partition coefficient (Wildman–Crippen LogP) is -0.586. The van der Waals surface area contributed by atoms with Crippen molar-refractivity contribution in [3.63, 3.8) is 0 Å². The molecule has 26 heavy (non-hydrogen) atoms. The number of likely N-dealkylation sites (tertiary alicyclic amines) is 1. The molecular weight excluding hydrogens is 338 g/mol. The van der Waals surface area contributed by atoms with Crippen molar-refractivity contribution in [2.24, 2.45) is 7.05 Å². The average Bonchev–Trinajstić information content (AvgIpc) is 2.61. The molecule has 0 spiro atoms. The van der Waals surface area contributed by atoms with Gasteiger partial charge in [0.05, 0.1) is 12.1 Å². The van der Waals surface area contributed by atoms with E-state index in [0.29, 0.717) is 24.6 Å². The first-order chi connectivity index (χ1) is 12.3. The zero-order valence-electron chi connectivity index (χ0n) is 14.7. The number of nitrogens with zero attached hydrogens (tertiary/aromatic N) is 3. The third kappa shape index (κ3) is 3.66. The van der Waals surface area contributed by atoms with Crippen LogP contribution in [0, 0.1) is 6.92 Å². The van der Waals surface area contributed by atoms with Crippen LogP contribution in [0.1, 0.15) is 35.8 Å². The molecule has 1 unspecified atom stereocenters. The van der Waals surface area contributed by atoms with Crippen molar-refractivity contribution in [2.75, 3.05) is 13.1 Å². The summed E-state index contributed by atoms with van der Waals surface area (Å²) in [5, 5.41) is 0. The molecule has 138 valence electrons. The minimum Gasteiger partial charge on any atom is -0.342 e. The van der Waals surface area contributed by atoms with Gasteiger partial charge in [0.25, 0.3) is 11.1 Å². The van der Waals surface area contributed by atoms with Crippen molar-refractivity contribution in [1.29, 1.82) is 0 Å². The maximum atomic E-state index is 12.6. The Morgan fingerprint density at radius 1 is 1.35 bits per heavy atom. The largest absolute Gasteiger partial charge is 0.342 e. The first kappa shape index (κ1) is 17.8. The lowest BCUT2D eigenvalue weighted by atomic mass is 9.94. The van der Waals surface area contributed by atoms with Crippen LogP contribution in [-0.4, -0.2) is 43.4 Å². The lowest BCUT2D eigenvalue weighted by molar-refractivity contribution is -0.131. The van der Waals surface area contributed by atoms with E-state index in [-0.39, 0.29) is 29.4 Å². The van der Waals surface area contributed by atoms with E-state index in [4.69, 9.17) is 0 Å². The Labute approximate surface area is 148 Å². The number of aromatic amines is 2. The second kappa shape index (κ2) is 7.11. The summed E-state index contributed by atoms with van der Waals surface area (Å²) in [7, 11) is 1.37. The van der Waals surface area contributed by atoms with Gasteiger partial charge in [-0.15, -0.1) is 0 Å². The number of H-pyrrole nitrogens is 2. The van der Waals surface area contributed by atoms with Gasteiger partial charge in [0.2, 0.25) is 5.91 Å². The van der Waals surface area contributed by atoms with Crippen molar-refractivity contribution in [3.8, 4) is 0 Å². The van der Waals surface area contributed by atoms with Gasteiger partial charge in [-0.25, -0.2) is 9.78 Å². The van der Waals surface area contributed by atoms with Crippen LogP contribution in [0.3, 0.4) is 0 Å². The summed E-state index contributed by atoms with van der Waals surface area (Å²) >= 11 is 0. The molecule has 2 N–H and O–H groups in total. The van der Waals surface area contributed by atoms with Crippen molar-refractivity contribution in [3.05, 3.63) is 60.5 Å². The number of piperidine rings is 1. The van der Waals surface area contributed by atoms with E-state index in [1.807, 2.05) is 0 Å². The summed E-state index contributed by atoms with van der Waals surface area (Å²) in [5.74, 6) is 0.361. The maximum absolute atomic E-state index is 12.6.